The van der Waals surface area contributed by atoms with E-state index in [1.165, 1.54) is 16.9 Å². The maximum absolute atomic E-state index is 11.6. The van der Waals surface area contributed by atoms with Crippen LogP contribution in [0.1, 0.15) is 12.5 Å². The van der Waals surface area contributed by atoms with Crippen molar-refractivity contribution in [1.82, 2.24) is 14.8 Å². The molecule has 3 rings (SSSR count). The summed E-state index contributed by atoms with van der Waals surface area (Å²) in [6, 6.07) is 6.92. The van der Waals surface area contributed by atoms with Crippen LogP contribution in [0.25, 0.3) is 10.2 Å². The van der Waals surface area contributed by atoms with Crippen LogP contribution in [-0.4, -0.2) is 35.1 Å². The highest BCUT2D eigenvalue weighted by molar-refractivity contribution is 7.16. The molecular weight excluding hydrogens is 258 g/mol. The first-order valence-corrected chi connectivity index (χ1v) is 7.49. The molecule has 19 heavy (non-hydrogen) atoms. The molecule has 0 saturated carbocycles. The van der Waals surface area contributed by atoms with Gasteiger partial charge in [-0.05, 0) is 24.6 Å². The molecular formula is C14H19N3OS. The highest BCUT2D eigenvalue weighted by Crippen LogP contribution is 2.19. The summed E-state index contributed by atoms with van der Waals surface area (Å²) >= 11 is 1.33. The normalized spacial score (nSPS) is 21.1. The van der Waals surface area contributed by atoms with Crippen LogP contribution in [0.3, 0.4) is 0 Å². The molecule has 1 N–H and O–H groups in total. The van der Waals surface area contributed by atoms with E-state index in [2.05, 4.69) is 35.3 Å². The molecule has 0 amide bonds. The van der Waals surface area contributed by atoms with E-state index in [1.807, 2.05) is 7.05 Å². The standard InChI is InChI=1S/C14H19N3OS/c1-10-8-17(6-5-15-10)9-11-3-4-12-13(7-11)19-14(18)16(12)2/h3-4,7,10,15H,5-6,8-9H2,1-2H3. The molecule has 1 unspecified atom stereocenters. The summed E-state index contributed by atoms with van der Waals surface area (Å²) in [6.45, 7) is 6.43. The Labute approximate surface area is 116 Å². The molecule has 1 aliphatic heterocycles. The minimum atomic E-state index is 0.114. The van der Waals surface area contributed by atoms with Gasteiger partial charge in [-0.1, -0.05) is 17.4 Å². The van der Waals surface area contributed by atoms with Crippen molar-refractivity contribution >= 4 is 21.6 Å². The lowest BCUT2D eigenvalue weighted by atomic mass is 10.1. The van der Waals surface area contributed by atoms with Gasteiger partial charge in [0, 0.05) is 39.3 Å². The Balaban J connectivity index is 1.83. The minimum absolute atomic E-state index is 0.114. The molecule has 102 valence electrons. The SMILES string of the molecule is CC1CN(Cc2ccc3c(c2)sc(=O)n3C)CCN1. The summed E-state index contributed by atoms with van der Waals surface area (Å²) in [4.78, 5) is 14.2. The number of nitrogens with zero attached hydrogens (tertiary/aromatic N) is 2. The summed E-state index contributed by atoms with van der Waals surface area (Å²) < 4.78 is 2.81. The van der Waals surface area contributed by atoms with Crippen LogP contribution in [0, 0.1) is 0 Å². The van der Waals surface area contributed by atoms with Gasteiger partial charge >= 0.3 is 4.87 Å². The van der Waals surface area contributed by atoms with Crippen LogP contribution >= 0.6 is 11.3 Å². The number of benzene rings is 1. The zero-order valence-electron chi connectivity index (χ0n) is 11.3. The van der Waals surface area contributed by atoms with Gasteiger partial charge in [-0.2, -0.15) is 0 Å². The third-order valence-corrected chi connectivity index (χ3v) is 4.71. The van der Waals surface area contributed by atoms with E-state index in [9.17, 15) is 4.79 Å². The van der Waals surface area contributed by atoms with Gasteiger partial charge in [0.05, 0.1) is 10.2 Å². The Morgan fingerprint density at radius 3 is 3.11 bits per heavy atom. The first-order valence-electron chi connectivity index (χ1n) is 6.67. The summed E-state index contributed by atoms with van der Waals surface area (Å²) in [5, 5.41) is 3.45. The summed E-state index contributed by atoms with van der Waals surface area (Å²) in [5.74, 6) is 0. The average Bonchev–Trinajstić information content (AvgIpc) is 2.65. The van der Waals surface area contributed by atoms with E-state index >= 15 is 0 Å². The minimum Gasteiger partial charge on any atom is -0.312 e. The fraction of sp³-hybridized carbons (Fsp3) is 0.500. The molecule has 1 fully saturated rings. The van der Waals surface area contributed by atoms with Crippen molar-refractivity contribution in [3.63, 3.8) is 0 Å². The van der Waals surface area contributed by atoms with Crippen LogP contribution in [0.4, 0.5) is 0 Å². The third-order valence-electron chi connectivity index (χ3n) is 3.72. The lowest BCUT2D eigenvalue weighted by molar-refractivity contribution is 0.200. The van der Waals surface area contributed by atoms with Crippen molar-refractivity contribution in [1.29, 1.82) is 0 Å². The second-order valence-corrected chi connectivity index (χ2v) is 6.31. The molecule has 0 bridgehead atoms. The number of hydrogen-bond acceptors (Lipinski definition) is 4. The van der Waals surface area contributed by atoms with Gasteiger partial charge in [0.15, 0.2) is 0 Å². The van der Waals surface area contributed by atoms with Gasteiger partial charge in [-0.3, -0.25) is 9.69 Å². The fourth-order valence-electron chi connectivity index (χ4n) is 2.69. The molecule has 0 spiro atoms. The summed E-state index contributed by atoms with van der Waals surface area (Å²) in [7, 11) is 1.83. The van der Waals surface area contributed by atoms with E-state index in [1.54, 1.807) is 4.57 Å². The smallest absolute Gasteiger partial charge is 0.307 e. The van der Waals surface area contributed by atoms with E-state index in [0.717, 1.165) is 36.4 Å². The molecule has 0 aliphatic carbocycles. The van der Waals surface area contributed by atoms with Gasteiger partial charge in [0.25, 0.3) is 0 Å². The Morgan fingerprint density at radius 2 is 2.32 bits per heavy atom. The zero-order valence-corrected chi connectivity index (χ0v) is 12.2. The van der Waals surface area contributed by atoms with Crippen molar-refractivity contribution < 1.29 is 0 Å². The predicted molar refractivity (Wildman–Crippen MR) is 79.8 cm³/mol. The van der Waals surface area contributed by atoms with Crippen LogP contribution in [-0.2, 0) is 13.6 Å². The molecule has 0 radical (unpaired) electrons. The van der Waals surface area contributed by atoms with E-state index in [-0.39, 0.29) is 4.87 Å². The van der Waals surface area contributed by atoms with E-state index in [0.29, 0.717) is 6.04 Å². The number of nitrogens with one attached hydrogen (secondary N) is 1. The first-order chi connectivity index (χ1) is 9.13. The number of rotatable bonds is 2. The number of piperazine rings is 1. The first kappa shape index (κ1) is 12.8. The lowest BCUT2D eigenvalue weighted by Crippen LogP contribution is -2.48. The number of aromatic nitrogens is 1. The lowest BCUT2D eigenvalue weighted by Gasteiger charge is -2.31. The van der Waals surface area contributed by atoms with Crippen molar-refractivity contribution in [3.8, 4) is 0 Å². The van der Waals surface area contributed by atoms with Gasteiger partial charge in [0.1, 0.15) is 0 Å². The molecule has 2 heterocycles. The van der Waals surface area contributed by atoms with Crippen LogP contribution in [0.15, 0.2) is 23.0 Å². The van der Waals surface area contributed by atoms with Crippen LogP contribution < -0.4 is 10.2 Å². The Bertz CT molecular complexity index is 646. The highest BCUT2D eigenvalue weighted by Gasteiger charge is 2.15. The Hall–Kier alpha value is -1.17. The Kier molecular flexibility index (Phi) is 3.43. The number of fused-ring (bicyclic) bond motifs is 1. The van der Waals surface area contributed by atoms with Crippen LogP contribution in [0.5, 0.6) is 0 Å². The maximum Gasteiger partial charge on any atom is 0.307 e. The van der Waals surface area contributed by atoms with E-state index in [4.69, 9.17) is 0 Å². The Morgan fingerprint density at radius 1 is 1.47 bits per heavy atom. The van der Waals surface area contributed by atoms with Crippen molar-refractivity contribution in [2.45, 2.75) is 19.5 Å². The zero-order chi connectivity index (χ0) is 13.4. The van der Waals surface area contributed by atoms with E-state index < -0.39 is 0 Å². The van der Waals surface area contributed by atoms with Crippen LogP contribution in [0.2, 0.25) is 0 Å². The molecule has 1 atom stereocenters. The average molecular weight is 277 g/mol. The third kappa shape index (κ3) is 2.59. The summed E-state index contributed by atoms with van der Waals surface area (Å²) in [5.41, 5.74) is 2.33. The van der Waals surface area contributed by atoms with Crippen molar-refractivity contribution in [2.24, 2.45) is 7.05 Å². The topological polar surface area (TPSA) is 37.3 Å². The van der Waals surface area contributed by atoms with Crippen molar-refractivity contribution in [2.75, 3.05) is 19.6 Å². The van der Waals surface area contributed by atoms with Gasteiger partial charge < -0.3 is 9.88 Å². The molecule has 1 aliphatic rings. The van der Waals surface area contributed by atoms with Gasteiger partial charge in [0.2, 0.25) is 0 Å². The maximum atomic E-state index is 11.6. The second kappa shape index (κ2) is 5.07. The number of hydrogen-bond donors (Lipinski definition) is 1. The molecule has 1 aromatic carbocycles. The second-order valence-electron chi connectivity index (χ2n) is 5.32. The van der Waals surface area contributed by atoms with Gasteiger partial charge in [-0.15, -0.1) is 0 Å². The fourth-order valence-corrected chi connectivity index (χ4v) is 3.63. The predicted octanol–water partition coefficient (Wildman–Crippen LogP) is 1.39. The molecule has 4 nitrogen and oxygen atoms in total. The number of aryl methyl sites for hydroxylation is 1. The summed E-state index contributed by atoms with van der Waals surface area (Å²) in [6.07, 6.45) is 0. The molecule has 5 heteroatoms. The van der Waals surface area contributed by atoms with Gasteiger partial charge in [-0.25, -0.2) is 0 Å². The molecule has 1 aromatic heterocycles. The highest BCUT2D eigenvalue weighted by atomic mass is 32.1. The molecule has 1 saturated heterocycles. The van der Waals surface area contributed by atoms with Crippen molar-refractivity contribution in [3.05, 3.63) is 33.4 Å². The largest absolute Gasteiger partial charge is 0.312 e. The monoisotopic (exact) mass is 277 g/mol. The quantitative estimate of drug-likeness (QED) is 0.901. The molecule has 2 aromatic rings. The number of thiazole rings is 1.